The van der Waals surface area contributed by atoms with E-state index in [1.807, 2.05) is 14.0 Å². The van der Waals surface area contributed by atoms with Crippen LogP contribution in [-0.4, -0.2) is 71.7 Å². The van der Waals surface area contributed by atoms with Crippen molar-refractivity contribution < 1.29 is 9.90 Å². The van der Waals surface area contributed by atoms with Crippen molar-refractivity contribution in [1.29, 1.82) is 0 Å². The Hall–Kier alpha value is -0.650. The fraction of sp³-hybridized carbons (Fsp3) is 0.933. The highest BCUT2D eigenvalue weighted by atomic mass is 16.4. The quantitative estimate of drug-likeness (QED) is 0.696. The molecule has 2 rings (SSSR count). The van der Waals surface area contributed by atoms with Crippen LogP contribution in [0, 0.1) is 0 Å². The zero-order chi connectivity index (χ0) is 14.8. The van der Waals surface area contributed by atoms with Crippen molar-refractivity contribution in [3.63, 3.8) is 0 Å². The Morgan fingerprint density at radius 2 is 2.15 bits per heavy atom. The lowest BCUT2D eigenvalue weighted by Gasteiger charge is -2.34. The zero-order valence-electron chi connectivity index (χ0n) is 13.1. The van der Waals surface area contributed by atoms with E-state index in [-0.39, 0.29) is 0 Å². The Morgan fingerprint density at radius 1 is 1.45 bits per heavy atom. The van der Waals surface area contributed by atoms with Gasteiger partial charge in [-0.3, -0.25) is 15.0 Å². The van der Waals surface area contributed by atoms with Crippen LogP contribution in [-0.2, 0) is 4.79 Å². The van der Waals surface area contributed by atoms with Crippen LogP contribution >= 0.6 is 0 Å². The largest absolute Gasteiger partial charge is 0.480 e. The number of carboxylic acids is 1. The summed E-state index contributed by atoms with van der Waals surface area (Å²) in [4.78, 5) is 16.3. The fourth-order valence-electron chi connectivity index (χ4n) is 3.34. The van der Waals surface area contributed by atoms with Crippen LogP contribution in [0.4, 0.5) is 0 Å². The van der Waals surface area contributed by atoms with Gasteiger partial charge < -0.3 is 10.0 Å². The number of nitrogens with zero attached hydrogens (tertiary/aromatic N) is 2. The first-order valence-electron chi connectivity index (χ1n) is 7.88. The fourth-order valence-corrected chi connectivity index (χ4v) is 3.34. The second-order valence-corrected chi connectivity index (χ2v) is 6.68. The number of nitrogens with one attached hydrogen (secondary N) is 1. The number of aliphatic carboxylic acids is 1. The van der Waals surface area contributed by atoms with Gasteiger partial charge in [-0.05, 0) is 52.7 Å². The molecular formula is C15H29N3O2. The molecule has 1 saturated carbocycles. The molecule has 2 unspecified atom stereocenters. The van der Waals surface area contributed by atoms with Gasteiger partial charge in [-0.2, -0.15) is 0 Å². The smallest absolute Gasteiger partial charge is 0.324 e. The second kappa shape index (κ2) is 6.41. The summed E-state index contributed by atoms with van der Waals surface area (Å²) >= 11 is 0. The van der Waals surface area contributed by atoms with Crippen molar-refractivity contribution in [2.45, 2.75) is 57.2 Å². The minimum Gasteiger partial charge on any atom is -0.480 e. The van der Waals surface area contributed by atoms with Crippen molar-refractivity contribution in [3.8, 4) is 0 Å². The van der Waals surface area contributed by atoms with E-state index in [0.717, 1.165) is 25.9 Å². The molecule has 0 aromatic carbocycles. The topological polar surface area (TPSA) is 55.8 Å². The van der Waals surface area contributed by atoms with Crippen LogP contribution in [0.5, 0.6) is 0 Å². The van der Waals surface area contributed by atoms with E-state index < -0.39 is 11.5 Å². The maximum atomic E-state index is 11.6. The number of likely N-dealkylation sites (N-methyl/N-ethyl adjacent to an activating group) is 2. The van der Waals surface area contributed by atoms with E-state index in [1.165, 1.54) is 19.4 Å². The number of rotatable bonds is 8. The number of likely N-dealkylation sites (tertiary alicyclic amines) is 1. The first-order valence-corrected chi connectivity index (χ1v) is 7.88. The number of carbonyl (C=O) groups is 1. The maximum Gasteiger partial charge on any atom is 0.324 e. The summed E-state index contributed by atoms with van der Waals surface area (Å²) in [7, 11) is 2.04. The van der Waals surface area contributed by atoms with Crippen LogP contribution in [0.25, 0.3) is 0 Å². The van der Waals surface area contributed by atoms with Crippen molar-refractivity contribution in [1.82, 2.24) is 15.1 Å². The molecular weight excluding hydrogens is 254 g/mol. The molecule has 0 aromatic rings. The molecule has 1 saturated heterocycles. The average molecular weight is 283 g/mol. The van der Waals surface area contributed by atoms with Crippen molar-refractivity contribution in [3.05, 3.63) is 0 Å². The van der Waals surface area contributed by atoms with E-state index in [2.05, 4.69) is 22.0 Å². The highest BCUT2D eigenvalue weighted by Gasteiger charge is 2.39. The molecule has 0 bridgehead atoms. The normalized spacial score (nSPS) is 26.9. The zero-order valence-corrected chi connectivity index (χ0v) is 13.1. The number of hydrogen-bond donors (Lipinski definition) is 2. The third-order valence-corrected chi connectivity index (χ3v) is 4.59. The molecule has 116 valence electrons. The van der Waals surface area contributed by atoms with Crippen LogP contribution in [0.3, 0.4) is 0 Å². The van der Waals surface area contributed by atoms with E-state index in [1.54, 1.807) is 0 Å². The molecule has 0 spiro atoms. The SMILES string of the molecule is CCN1CCCC1CN(C)CC(C)(NC1CC1)C(=O)O. The number of hydrogen-bond acceptors (Lipinski definition) is 4. The Kier molecular flexibility index (Phi) is 5.04. The van der Waals surface area contributed by atoms with Gasteiger partial charge in [0.2, 0.25) is 0 Å². The van der Waals surface area contributed by atoms with E-state index >= 15 is 0 Å². The summed E-state index contributed by atoms with van der Waals surface area (Å²) in [5.74, 6) is -0.741. The Labute approximate surface area is 122 Å². The summed E-state index contributed by atoms with van der Waals surface area (Å²) in [6, 6.07) is 0.993. The van der Waals surface area contributed by atoms with Gasteiger partial charge in [-0.25, -0.2) is 0 Å². The predicted molar refractivity (Wildman–Crippen MR) is 80.0 cm³/mol. The lowest BCUT2D eigenvalue weighted by Crippen LogP contribution is -2.58. The van der Waals surface area contributed by atoms with Gasteiger partial charge in [-0.15, -0.1) is 0 Å². The Morgan fingerprint density at radius 3 is 2.70 bits per heavy atom. The van der Waals surface area contributed by atoms with Gasteiger partial charge in [0, 0.05) is 25.2 Å². The maximum absolute atomic E-state index is 11.6. The van der Waals surface area contributed by atoms with Gasteiger partial charge in [0.1, 0.15) is 5.54 Å². The Balaban J connectivity index is 1.87. The first-order chi connectivity index (χ1) is 9.44. The summed E-state index contributed by atoms with van der Waals surface area (Å²) in [5.41, 5.74) is -0.828. The van der Waals surface area contributed by atoms with Gasteiger partial charge in [0.25, 0.3) is 0 Å². The van der Waals surface area contributed by atoms with E-state index in [9.17, 15) is 9.90 Å². The molecule has 2 atom stereocenters. The third kappa shape index (κ3) is 3.93. The summed E-state index contributed by atoms with van der Waals surface area (Å²) < 4.78 is 0. The Bertz CT molecular complexity index is 346. The molecule has 20 heavy (non-hydrogen) atoms. The van der Waals surface area contributed by atoms with Gasteiger partial charge in [0.15, 0.2) is 0 Å². The van der Waals surface area contributed by atoms with E-state index in [4.69, 9.17) is 0 Å². The summed E-state index contributed by atoms with van der Waals surface area (Å²) in [6.45, 7) is 7.82. The van der Waals surface area contributed by atoms with E-state index in [0.29, 0.717) is 18.6 Å². The highest BCUT2D eigenvalue weighted by Crippen LogP contribution is 2.24. The van der Waals surface area contributed by atoms with Crippen LogP contribution in [0.1, 0.15) is 39.5 Å². The van der Waals surface area contributed by atoms with Gasteiger partial charge in [0.05, 0.1) is 0 Å². The van der Waals surface area contributed by atoms with Gasteiger partial charge in [-0.1, -0.05) is 6.92 Å². The molecule has 1 aliphatic carbocycles. The average Bonchev–Trinajstić information content (AvgIpc) is 3.05. The summed E-state index contributed by atoms with van der Waals surface area (Å²) in [6.07, 6.45) is 4.72. The summed E-state index contributed by atoms with van der Waals surface area (Å²) in [5, 5.41) is 12.8. The molecule has 2 fully saturated rings. The minimum atomic E-state index is -0.828. The molecule has 2 aliphatic rings. The lowest BCUT2D eigenvalue weighted by molar-refractivity contribution is -0.145. The molecule has 5 heteroatoms. The molecule has 5 nitrogen and oxygen atoms in total. The highest BCUT2D eigenvalue weighted by molar-refractivity contribution is 5.78. The van der Waals surface area contributed by atoms with Crippen LogP contribution < -0.4 is 5.32 Å². The predicted octanol–water partition coefficient (Wildman–Crippen LogP) is 0.998. The van der Waals surface area contributed by atoms with Gasteiger partial charge >= 0.3 is 5.97 Å². The van der Waals surface area contributed by atoms with Crippen molar-refractivity contribution >= 4 is 5.97 Å². The molecule has 0 amide bonds. The second-order valence-electron chi connectivity index (χ2n) is 6.68. The van der Waals surface area contributed by atoms with Crippen molar-refractivity contribution in [2.24, 2.45) is 0 Å². The molecule has 0 radical (unpaired) electrons. The minimum absolute atomic E-state index is 0.406. The van der Waals surface area contributed by atoms with Crippen LogP contribution in [0.2, 0.25) is 0 Å². The monoisotopic (exact) mass is 283 g/mol. The molecule has 1 aliphatic heterocycles. The first kappa shape index (κ1) is 15.7. The molecule has 1 heterocycles. The molecule has 0 aromatic heterocycles. The van der Waals surface area contributed by atoms with Crippen LogP contribution in [0.15, 0.2) is 0 Å². The van der Waals surface area contributed by atoms with Crippen molar-refractivity contribution in [2.75, 3.05) is 33.2 Å². The third-order valence-electron chi connectivity index (χ3n) is 4.59. The lowest BCUT2D eigenvalue weighted by atomic mass is 10.0. The standard InChI is InChI=1S/C15H29N3O2/c1-4-18-9-5-6-13(18)10-17(3)11-15(2,14(19)20)16-12-7-8-12/h12-13,16H,4-11H2,1-3H3,(H,19,20). The molecule has 2 N–H and O–H groups in total. The number of carboxylic acid groups (broad SMARTS) is 1.